The predicted octanol–water partition coefficient (Wildman–Crippen LogP) is -0.177. The Balaban J connectivity index is 1.83. The van der Waals surface area contributed by atoms with Crippen molar-refractivity contribution in [1.82, 2.24) is 0 Å². The molecule has 2 rings (SSSR count). The zero-order valence-electron chi connectivity index (χ0n) is 12.0. The molecule has 0 bridgehead atoms. The van der Waals surface area contributed by atoms with Gasteiger partial charge in [-0.15, -0.1) is 0 Å². The van der Waals surface area contributed by atoms with Crippen LogP contribution in [0.15, 0.2) is 22.8 Å². The number of furan rings is 1. The van der Waals surface area contributed by atoms with Crippen molar-refractivity contribution in [1.29, 1.82) is 0 Å². The van der Waals surface area contributed by atoms with E-state index in [2.05, 4.69) is 27.0 Å². The topological polar surface area (TPSA) is 22.0 Å². The average molecular weight is 252 g/mol. The largest absolute Gasteiger partial charge is 0.469 e. The van der Waals surface area contributed by atoms with Gasteiger partial charge >= 0.3 is 0 Å². The molecule has 0 aliphatic carbocycles. The van der Waals surface area contributed by atoms with Gasteiger partial charge in [-0.1, -0.05) is 13.8 Å². The summed E-state index contributed by atoms with van der Waals surface area (Å²) in [7, 11) is 2.30. The van der Waals surface area contributed by atoms with Gasteiger partial charge in [0.15, 0.2) is 0 Å². The van der Waals surface area contributed by atoms with E-state index in [1.165, 1.54) is 44.9 Å². The van der Waals surface area contributed by atoms with E-state index in [4.69, 9.17) is 4.42 Å². The molecule has 3 heteroatoms. The summed E-state index contributed by atoms with van der Waals surface area (Å²) in [5, 5.41) is 0. The number of nitrogens with one attached hydrogen (secondary N) is 2. The summed E-state index contributed by atoms with van der Waals surface area (Å²) in [6.07, 6.45) is 3.05. The molecule has 1 fully saturated rings. The standard InChI is InChI=1S/C15H26N2O/c1-13(2)14(15-5-4-12-18-15)6-7-17-10-8-16(3)9-11-17/h4-5,12-14H,6-11H2,1-3H3/p+2/t14-/m0/s1. The maximum Gasteiger partial charge on any atom is 0.127 e. The molecule has 2 N–H and O–H groups in total. The van der Waals surface area contributed by atoms with Crippen LogP contribution in [0.25, 0.3) is 0 Å². The second-order valence-corrected chi connectivity index (χ2v) is 6.11. The Morgan fingerprint density at radius 2 is 1.94 bits per heavy atom. The molecule has 0 aromatic carbocycles. The molecule has 0 radical (unpaired) electrons. The number of hydrogen-bond donors (Lipinski definition) is 2. The van der Waals surface area contributed by atoms with E-state index in [1.54, 1.807) is 16.1 Å². The van der Waals surface area contributed by atoms with Gasteiger partial charge in [0.2, 0.25) is 0 Å². The molecule has 0 unspecified atom stereocenters. The number of hydrogen-bond acceptors (Lipinski definition) is 1. The van der Waals surface area contributed by atoms with E-state index in [1.807, 2.05) is 6.07 Å². The van der Waals surface area contributed by atoms with Crippen molar-refractivity contribution in [3.63, 3.8) is 0 Å². The fourth-order valence-electron chi connectivity index (χ4n) is 2.95. The van der Waals surface area contributed by atoms with E-state index in [9.17, 15) is 0 Å². The van der Waals surface area contributed by atoms with Crippen LogP contribution < -0.4 is 9.80 Å². The minimum Gasteiger partial charge on any atom is -0.469 e. The van der Waals surface area contributed by atoms with Crippen LogP contribution >= 0.6 is 0 Å². The van der Waals surface area contributed by atoms with E-state index in [0.29, 0.717) is 11.8 Å². The molecular weight excluding hydrogens is 224 g/mol. The lowest BCUT2D eigenvalue weighted by molar-refractivity contribution is -1.00. The van der Waals surface area contributed by atoms with Crippen molar-refractivity contribution in [2.24, 2.45) is 5.92 Å². The molecule has 2 heterocycles. The Kier molecular flexibility index (Phi) is 4.84. The van der Waals surface area contributed by atoms with Crippen LogP contribution in [0.1, 0.15) is 31.9 Å². The summed E-state index contributed by atoms with van der Waals surface area (Å²) in [6, 6.07) is 4.14. The molecule has 0 saturated carbocycles. The minimum absolute atomic E-state index is 0.583. The molecule has 102 valence electrons. The second kappa shape index (κ2) is 6.39. The summed E-state index contributed by atoms with van der Waals surface area (Å²) >= 11 is 0. The average Bonchev–Trinajstić information content (AvgIpc) is 2.85. The van der Waals surface area contributed by atoms with Crippen LogP contribution in [0.2, 0.25) is 0 Å². The van der Waals surface area contributed by atoms with Crippen LogP contribution in [-0.2, 0) is 0 Å². The monoisotopic (exact) mass is 252 g/mol. The molecule has 1 atom stereocenters. The number of quaternary nitrogens is 2. The van der Waals surface area contributed by atoms with Crippen molar-refractivity contribution >= 4 is 0 Å². The Hall–Kier alpha value is -0.800. The molecule has 0 spiro atoms. The van der Waals surface area contributed by atoms with Gasteiger partial charge in [-0.3, -0.25) is 0 Å². The number of rotatable bonds is 5. The smallest absolute Gasteiger partial charge is 0.127 e. The maximum atomic E-state index is 5.60. The van der Waals surface area contributed by atoms with E-state index >= 15 is 0 Å². The zero-order chi connectivity index (χ0) is 13.0. The lowest BCUT2D eigenvalue weighted by atomic mass is 9.90. The summed E-state index contributed by atoms with van der Waals surface area (Å²) in [5.41, 5.74) is 0. The van der Waals surface area contributed by atoms with E-state index in [0.717, 1.165) is 0 Å². The fraction of sp³-hybridized carbons (Fsp3) is 0.733. The summed E-state index contributed by atoms with van der Waals surface area (Å²) in [6.45, 7) is 11.2. The van der Waals surface area contributed by atoms with Gasteiger partial charge < -0.3 is 14.2 Å². The highest BCUT2D eigenvalue weighted by atomic mass is 16.3. The van der Waals surface area contributed by atoms with Gasteiger partial charge in [-0.25, -0.2) is 0 Å². The van der Waals surface area contributed by atoms with Gasteiger partial charge in [-0.2, -0.15) is 0 Å². The highest BCUT2D eigenvalue weighted by molar-refractivity contribution is 5.06. The number of likely N-dealkylation sites (N-methyl/N-ethyl adjacent to an activating group) is 1. The van der Waals surface area contributed by atoms with Gasteiger partial charge in [0.1, 0.15) is 31.9 Å². The molecule has 1 aliphatic heterocycles. The fourth-order valence-corrected chi connectivity index (χ4v) is 2.95. The Morgan fingerprint density at radius 1 is 1.22 bits per heavy atom. The van der Waals surface area contributed by atoms with Gasteiger partial charge in [0, 0.05) is 12.3 Å². The summed E-state index contributed by atoms with van der Waals surface area (Å²) in [4.78, 5) is 3.46. The van der Waals surface area contributed by atoms with Crippen molar-refractivity contribution in [3.05, 3.63) is 24.2 Å². The first kappa shape index (κ1) is 13.6. The second-order valence-electron chi connectivity index (χ2n) is 6.11. The molecule has 1 aromatic rings. The zero-order valence-corrected chi connectivity index (χ0v) is 12.0. The number of piperazine rings is 1. The SMILES string of the molecule is CC(C)[C@H](CC[NH+]1CC[NH+](C)CC1)c1ccco1. The van der Waals surface area contributed by atoms with E-state index in [-0.39, 0.29) is 0 Å². The Labute approximate surface area is 111 Å². The van der Waals surface area contributed by atoms with Gasteiger partial charge in [0.25, 0.3) is 0 Å². The third kappa shape index (κ3) is 3.59. The first-order chi connectivity index (χ1) is 8.66. The predicted molar refractivity (Wildman–Crippen MR) is 73.1 cm³/mol. The summed E-state index contributed by atoms with van der Waals surface area (Å²) < 4.78 is 5.60. The quantitative estimate of drug-likeness (QED) is 0.746. The molecular formula is C15H28N2O+2. The highest BCUT2D eigenvalue weighted by Gasteiger charge is 2.24. The van der Waals surface area contributed by atoms with Crippen molar-refractivity contribution in [2.75, 3.05) is 39.8 Å². The lowest BCUT2D eigenvalue weighted by Crippen LogP contribution is -3.27. The molecule has 1 saturated heterocycles. The minimum atomic E-state index is 0.583. The van der Waals surface area contributed by atoms with Crippen molar-refractivity contribution in [3.8, 4) is 0 Å². The van der Waals surface area contributed by atoms with Gasteiger partial charge in [-0.05, 0) is 18.1 Å². The molecule has 1 aromatic heterocycles. The van der Waals surface area contributed by atoms with Crippen LogP contribution in [-0.4, -0.2) is 39.8 Å². The normalized spacial score (nSPS) is 26.4. The van der Waals surface area contributed by atoms with E-state index < -0.39 is 0 Å². The Bertz CT molecular complexity index is 326. The first-order valence-corrected chi connectivity index (χ1v) is 7.35. The highest BCUT2D eigenvalue weighted by Crippen LogP contribution is 2.27. The first-order valence-electron chi connectivity index (χ1n) is 7.35. The van der Waals surface area contributed by atoms with Crippen LogP contribution in [0.3, 0.4) is 0 Å². The maximum absolute atomic E-state index is 5.60. The molecule has 18 heavy (non-hydrogen) atoms. The lowest BCUT2D eigenvalue weighted by Gasteiger charge is -2.29. The van der Waals surface area contributed by atoms with Crippen LogP contribution in [0, 0.1) is 5.92 Å². The van der Waals surface area contributed by atoms with Crippen molar-refractivity contribution < 1.29 is 14.2 Å². The molecule has 0 amide bonds. The summed E-state index contributed by atoms with van der Waals surface area (Å²) in [5.74, 6) is 2.41. The third-order valence-corrected chi connectivity index (χ3v) is 4.33. The van der Waals surface area contributed by atoms with Crippen LogP contribution in [0.4, 0.5) is 0 Å². The van der Waals surface area contributed by atoms with Gasteiger partial charge in [0.05, 0.1) is 19.9 Å². The van der Waals surface area contributed by atoms with Crippen LogP contribution in [0.5, 0.6) is 0 Å². The van der Waals surface area contributed by atoms with Crippen molar-refractivity contribution in [2.45, 2.75) is 26.2 Å². The molecule has 1 aliphatic rings. The molecule has 3 nitrogen and oxygen atoms in total. The Morgan fingerprint density at radius 3 is 2.50 bits per heavy atom. The third-order valence-electron chi connectivity index (χ3n) is 4.33.